The molecule has 0 spiro atoms. The molecule has 0 amide bonds. The Bertz CT molecular complexity index is 515. The lowest BCUT2D eigenvalue weighted by molar-refractivity contribution is 0.303. The van der Waals surface area contributed by atoms with Crippen LogP contribution in [0.25, 0.3) is 0 Å². The van der Waals surface area contributed by atoms with Crippen LogP contribution in [0.2, 0.25) is 5.02 Å². The van der Waals surface area contributed by atoms with Gasteiger partial charge in [0.1, 0.15) is 18.2 Å². The topological polar surface area (TPSA) is 9.23 Å². The number of rotatable bonds is 3. The van der Waals surface area contributed by atoms with Crippen LogP contribution in [0.1, 0.15) is 16.7 Å². The fourth-order valence-electron chi connectivity index (χ4n) is 1.70. The van der Waals surface area contributed by atoms with Crippen LogP contribution in [0.15, 0.2) is 36.4 Å². The molecule has 0 N–H and O–H groups in total. The maximum Gasteiger partial charge on any atom is 0.123 e. The molecule has 0 bridgehead atoms. The minimum atomic E-state index is -0.256. The summed E-state index contributed by atoms with van der Waals surface area (Å²) >= 11 is 6.12. The zero-order valence-corrected chi connectivity index (χ0v) is 11.1. The van der Waals surface area contributed by atoms with Crippen LogP contribution in [-0.4, -0.2) is 0 Å². The van der Waals surface area contributed by atoms with Crippen molar-refractivity contribution in [1.82, 2.24) is 0 Å². The van der Waals surface area contributed by atoms with Gasteiger partial charge in [-0.1, -0.05) is 23.7 Å². The lowest BCUT2D eigenvalue weighted by atomic mass is 10.1. The SMILES string of the molecule is Cc1ccc(COc2ccc(F)cc2C)c(Cl)c1. The second kappa shape index (κ2) is 5.40. The van der Waals surface area contributed by atoms with Gasteiger partial charge in [-0.2, -0.15) is 0 Å². The van der Waals surface area contributed by atoms with Crippen LogP contribution in [0, 0.1) is 19.7 Å². The monoisotopic (exact) mass is 264 g/mol. The predicted octanol–water partition coefficient (Wildman–Crippen LogP) is 4.67. The highest BCUT2D eigenvalue weighted by Gasteiger charge is 2.04. The molecule has 1 nitrogen and oxygen atoms in total. The predicted molar refractivity (Wildman–Crippen MR) is 71.7 cm³/mol. The van der Waals surface area contributed by atoms with E-state index in [-0.39, 0.29) is 5.82 Å². The van der Waals surface area contributed by atoms with Gasteiger partial charge in [-0.25, -0.2) is 4.39 Å². The van der Waals surface area contributed by atoms with Gasteiger partial charge in [0.25, 0.3) is 0 Å². The van der Waals surface area contributed by atoms with Crippen LogP contribution in [-0.2, 0) is 6.61 Å². The van der Waals surface area contributed by atoms with Crippen molar-refractivity contribution in [3.05, 3.63) is 63.9 Å². The number of ether oxygens (including phenoxy) is 1. The quantitative estimate of drug-likeness (QED) is 0.782. The Hall–Kier alpha value is -1.54. The second-order valence-corrected chi connectivity index (χ2v) is 4.70. The largest absolute Gasteiger partial charge is 0.489 e. The molecule has 0 aromatic heterocycles. The number of hydrogen-bond donors (Lipinski definition) is 0. The summed E-state index contributed by atoms with van der Waals surface area (Å²) in [5.41, 5.74) is 2.81. The van der Waals surface area contributed by atoms with E-state index in [9.17, 15) is 4.39 Å². The zero-order chi connectivity index (χ0) is 13.1. The van der Waals surface area contributed by atoms with Gasteiger partial charge < -0.3 is 4.74 Å². The van der Waals surface area contributed by atoms with Crippen LogP contribution in [0.5, 0.6) is 5.75 Å². The first-order valence-corrected chi connectivity index (χ1v) is 6.08. The molecule has 0 heterocycles. The number of benzene rings is 2. The second-order valence-electron chi connectivity index (χ2n) is 4.29. The summed E-state index contributed by atoms with van der Waals surface area (Å²) in [6, 6.07) is 10.3. The van der Waals surface area contributed by atoms with Gasteiger partial charge in [0.2, 0.25) is 0 Å². The zero-order valence-electron chi connectivity index (χ0n) is 10.3. The molecule has 2 rings (SSSR count). The minimum Gasteiger partial charge on any atom is -0.489 e. The summed E-state index contributed by atoms with van der Waals surface area (Å²) in [7, 11) is 0. The summed E-state index contributed by atoms with van der Waals surface area (Å²) in [5, 5.41) is 0.690. The maximum atomic E-state index is 12.9. The highest BCUT2D eigenvalue weighted by molar-refractivity contribution is 6.31. The molecule has 0 atom stereocenters. The first-order chi connectivity index (χ1) is 8.56. The average Bonchev–Trinajstić information content (AvgIpc) is 2.30. The molecule has 0 unspecified atom stereocenters. The van der Waals surface area contributed by atoms with E-state index >= 15 is 0 Å². The molecule has 0 aliphatic rings. The summed E-state index contributed by atoms with van der Waals surface area (Å²) in [6.45, 7) is 4.18. The third-order valence-electron chi connectivity index (χ3n) is 2.73. The summed E-state index contributed by atoms with van der Waals surface area (Å²) < 4.78 is 18.6. The van der Waals surface area contributed by atoms with Crippen LogP contribution >= 0.6 is 11.6 Å². The van der Waals surface area contributed by atoms with Crippen molar-refractivity contribution in [2.24, 2.45) is 0 Å². The summed E-state index contributed by atoms with van der Waals surface area (Å²) in [5.74, 6) is 0.418. The molecule has 18 heavy (non-hydrogen) atoms. The van der Waals surface area contributed by atoms with Crippen molar-refractivity contribution in [3.63, 3.8) is 0 Å². The first-order valence-electron chi connectivity index (χ1n) is 5.70. The molecule has 0 aliphatic heterocycles. The van der Waals surface area contributed by atoms with Crippen molar-refractivity contribution in [2.45, 2.75) is 20.5 Å². The van der Waals surface area contributed by atoms with Crippen LogP contribution in [0.3, 0.4) is 0 Å². The van der Waals surface area contributed by atoms with Gasteiger partial charge in [-0.05, 0) is 49.2 Å². The average molecular weight is 265 g/mol. The van der Waals surface area contributed by atoms with Crippen molar-refractivity contribution in [2.75, 3.05) is 0 Å². The van der Waals surface area contributed by atoms with Gasteiger partial charge >= 0.3 is 0 Å². The van der Waals surface area contributed by atoms with Crippen molar-refractivity contribution >= 4 is 11.6 Å². The third kappa shape index (κ3) is 3.02. The molecule has 0 saturated carbocycles. The highest BCUT2D eigenvalue weighted by atomic mass is 35.5. The fourth-order valence-corrected chi connectivity index (χ4v) is 1.99. The van der Waals surface area contributed by atoms with Crippen molar-refractivity contribution in [1.29, 1.82) is 0 Å². The normalized spacial score (nSPS) is 10.4. The molecule has 0 radical (unpaired) electrons. The van der Waals surface area contributed by atoms with E-state index in [1.807, 2.05) is 32.0 Å². The molecule has 2 aromatic rings. The van der Waals surface area contributed by atoms with E-state index in [1.54, 1.807) is 6.07 Å². The number of aryl methyl sites for hydroxylation is 2. The maximum absolute atomic E-state index is 12.9. The Morgan fingerprint density at radius 1 is 1.11 bits per heavy atom. The fraction of sp³-hybridized carbons (Fsp3) is 0.200. The van der Waals surface area contributed by atoms with Crippen LogP contribution in [0.4, 0.5) is 4.39 Å². The Balaban J connectivity index is 2.11. The van der Waals surface area contributed by atoms with Gasteiger partial charge in [0.05, 0.1) is 0 Å². The minimum absolute atomic E-state index is 0.256. The van der Waals surface area contributed by atoms with Gasteiger partial charge in [-0.15, -0.1) is 0 Å². The highest BCUT2D eigenvalue weighted by Crippen LogP contribution is 2.22. The third-order valence-corrected chi connectivity index (χ3v) is 3.08. The molecule has 2 aromatic carbocycles. The molecule has 94 valence electrons. The van der Waals surface area contributed by atoms with Gasteiger partial charge in [0, 0.05) is 10.6 Å². The van der Waals surface area contributed by atoms with Crippen molar-refractivity contribution in [3.8, 4) is 5.75 Å². The summed E-state index contributed by atoms with van der Waals surface area (Å²) in [6.07, 6.45) is 0. The van der Waals surface area contributed by atoms with E-state index in [4.69, 9.17) is 16.3 Å². The Morgan fingerprint density at radius 3 is 2.56 bits per heavy atom. The Morgan fingerprint density at radius 2 is 1.89 bits per heavy atom. The molecular weight excluding hydrogens is 251 g/mol. The van der Waals surface area contributed by atoms with E-state index in [0.29, 0.717) is 17.4 Å². The van der Waals surface area contributed by atoms with E-state index in [0.717, 1.165) is 16.7 Å². The Labute approximate surface area is 111 Å². The molecular formula is C15H14ClFO. The lowest BCUT2D eigenvalue weighted by Crippen LogP contribution is -1.98. The van der Waals surface area contributed by atoms with Gasteiger partial charge in [0.15, 0.2) is 0 Å². The molecule has 0 saturated heterocycles. The van der Waals surface area contributed by atoms with E-state index in [1.165, 1.54) is 12.1 Å². The summed E-state index contributed by atoms with van der Waals surface area (Å²) in [4.78, 5) is 0. The Kier molecular flexibility index (Phi) is 3.87. The van der Waals surface area contributed by atoms with Gasteiger partial charge in [-0.3, -0.25) is 0 Å². The number of halogens is 2. The van der Waals surface area contributed by atoms with Crippen molar-refractivity contribution < 1.29 is 9.13 Å². The smallest absolute Gasteiger partial charge is 0.123 e. The molecule has 3 heteroatoms. The first kappa shape index (κ1) is 12.9. The lowest BCUT2D eigenvalue weighted by Gasteiger charge is -2.10. The van der Waals surface area contributed by atoms with E-state index in [2.05, 4.69) is 0 Å². The molecule has 0 fully saturated rings. The standard InChI is InChI=1S/C15H14ClFO/c1-10-3-4-12(14(16)7-10)9-18-15-6-5-13(17)8-11(15)2/h3-8H,9H2,1-2H3. The van der Waals surface area contributed by atoms with Crippen LogP contribution < -0.4 is 4.74 Å². The number of hydrogen-bond acceptors (Lipinski definition) is 1. The molecule has 0 aliphatic carbocycles. The van der Waals surface area contributed by atoms with E-state index < -0.39 is 0 Å².